The third kappa shape index (κ3) is 4.46. The number of rotatable bonds is 6. The van der Waals surface area contributed by atoms with E-state index in [0.29, 0.717) is 26.1 Å². The van der Waals surface area contributed by atoms with Gasteiger partial charge in [-0.05, 0) is 19.3 Å². The number of carboxylic acid groups (broad SMARTS) is 1. The van der Waals surface area contributed by atoms with Crippen LogP contribution in [0, 0.1) is 0 Å². The third-order valence-electron chi connectivity index (χ3n) is 3.31. The number of hydrogen-bond donors (Lipinski definition) is 3. The maximum absolute atomic E-state index is 12.1. The van der Waals surface area contributed by atoms with Gasteiger partial charge in [-0.2, -0.15) is 0 Å². The molecular weight excluding hydrogens is 268 g/mol. The molecule has 1 saturated heterocycles. The summed E-state index contributed by atoms with van der Waals surface area (Å²) < 4.78 is 9.56. The largest absolute Gasteiger partial charge is 0.480 e. The molecule has 0 aliphatic carbocycles. The van der Waals surface area contributed by atoms with E-state index in [1.54, 1.807) is 0 Å². The number of carbonyl (C=O) groups is 3. The molecule has 0 aromatic heterocycles. The van der Waals surface area contributed by atoms with Gasteiger partial charge < -0.3 is 25.6 Å². The second kappa shape index (κ2) is 7.20. The fourth-order valence-corrected chi connectivity index (χ4v) is 1.89. The zero-order valence-electron chi connectivity index (χ0n) is 11.4. The number of nitrogens with one attached hydrogen (secondary N) is 1. The van der Waals surface area contributed by atoms with Crippen molar-refractivity contribution in [3.63, 3.8) is 0 Å². The molecule has 0 aromatic carbocycles. The van der Waals surface area contributed by atoms with Crippen molar-refractivity contribution < 1.29 is 29.0 Å². The van der Waals surface area contributed by atoms with Crippen LogP contribution in [0.2, 0.25) is 0 Å². The van der Waals surface area contributed by atoms with Crippen molar-refractivity contribution in [3.8, 4) is 0 Å². The number of hydrogen-bond acceptors (Lipinski definition) is 6. The van der Waals surface area contributed by atoms with Crippen LogP contribution in [-0.2, 0) is 23.9 Å². The van der Waals surface area contributed by atoms with Gasteiger partial charge in [-0.15, -0.1) is 0 Å². The number of esters is 1. The van der Waals surface area contributed by atoms with Gasteiger partial charge in [0.25, 0.3) is 0 Å². The molecule has 0 unspecified atom stereocenters. The molecular formula is C12H20N2O6. The molecule has 0 spiro atoms. The lowest BCUT2D eigenvalue weighted by molar-refractivity contribution is -0.145. The van der Waals surface area contributed by atoms with Crippen LogP contribution in [-0.4, -0.2) is 54.9 Å². The van der Waals surface area contributed by atoms with Gasteiger partial charge in [0.1, 0.15) is 6.04 Å². The predicted molar refractivity (Wildman–Crippen MR) is 67.8 cm³/mol. The van der Waals surface area contributed by atoms with Gasteiger partial charge in [0.05, 0.1) is 12.6 Å². The minimum atomic E-state index is -1.21. The Bertz CT molecular complexity index is 378. The summed E-state index contributed by atoms with van der Waals surface area (Å²) in [5.74, 6) is -2.27. The number of carboxylic acids is 1. The smallest absolute Gasteiger partial charge is 0.326 e. The van der Waals surface area contributed by atoms with E-state index in [4.69, 9.17) is 15.6 Å². The third-order valence-corrected chi connectivity index (χ3v) is 3.31. The van der Waals surface area contributed by atoms with Gasteiger partial charge in [-0.25, -0.2) is 4.79 Å². The first-order chi connectivity index (χ1) is 9.39. The highest BCUT2D eigenvalue weighted by Crippen LogP contribution is 2.18. The van der Waals surface area contributed by atoms with E-state index in [-0.39, 0.29) is 12.8 Å². The van der Waals surface area contributed by atoms with Crippen LogP contribution in [0.25, 0.3) is 0 Å². The SMILES string of the molecule is COC(=O)CC[C@@H](NC(=O)C1(N)CCOCC1)C(=O)O. The second-order valence-electron chi connectivity index (χ2n) is 4.75. The molecule has 1 rings (SSSR count). The van der Waals surface area contributed by atoms with Gasteiger partial charge in [0.2, 0.25) is 5.91 Å². The quantitative estimate of drug-likeness (QED) is 0.536. The Labute approximate surface area is 116 Å². The summed E-state index contributed by atoms with van der Waals surface area (Å²) in [6.07, 6.45) is 0.541. The molecule has 0 radical (unpaired) electrons. The summed E-state index contributed by atoms with van der Waals surface area (Å²) in [5, 5.41) is 11.4. The van der Waals surface area contributed by atoms with Crippen LogP contribution in [0.15, 0.2) is 0 Å². The molecule has 20 heavy (non-hydrogen) atoms. The number of amides is 1. The highest BCUT2D eigenvalue weighted by atomic mass is 16.5. The Morgan fingerprint density at radius 2 is 2.00 bits per heavy atom. The van der Waals surface area contributed by atoms with Crippen LogP contribution in [0.4, 0.5) is 0 Å². The van der Waals surface area contributed by atoms with E-state index < -0.39 is 29.4 Å². The van der Waals surface area contributed by atoms with Crippen molar-refractivity contribution in [2.24, 2.45) is 5.73 Å². The Kier molecular flexibility index (Phi) is 5.90. The van der Waals surface area contributed by atoms with Gasteiger partial charge in [-0.3, -0.25) is 9.59 Å². The number of methoxy groups -OCH3 is 1. The Balaban J connectivity index is 2.58. The summed E-state index contributed by atoms with van der Waals surface area (Å²) >= 11 is 0. The summed E-state index contributed by atoms with van der Waals surface area (Å²) in [6.45, 7) is 0.730. The van der Waals surface area contributed by atoms with E-state index in [9.17, 15) is 14.4 Å². The van der Waals surface area contributed by atoms with E-state index in [1.165, 1.54) is 7.11 Å². The molecule has 114 valence electrons. The van der Waals surface area contributed by atoms with E-state index in [2.05, 4.69) is 10.1 Å². The average molecular weight is 288 g/mol. The molecule has 0 aromatic rings. The minimum absolute atomic E-state index is 0.0413. The first kappa shape index (κ1) is 16.4. The van der Waals surface area contributed by atoms with Crippen LogP contribution in [0.5, 0.6) is 0 Å². The van der Waals surface area contributed by atoms with Gasteiger partial charge in [-0.1, -0.05) is 0 Å². The van der Waals surface area contributed by atoms with Crippen molar-refractivity contribution in [2.45, 2.75) is 37.3 Å². The number of carbonyl (C=O) groups excluding carboxylic acids is 2. The van der Waals surface area contributed by atoms with Crippen LogP contribution in [0.3, 0.4) is 0 Å². The summed E-state index contributed by atoms with van der Waals surface area (Å²) in [6, 6.07) is -1.16. The van der Waals surface area contributed by atoms with Gasteiger partial charge >= 0.3 is 11.9 Å². The Morgan fingerprint density at radius 3 is 2.50 bits per heavy atom. The summed E-state index contributed by atoms with van der Waals surface area (Å²) in [4.78, 5) is 34.2. The highest BCUT2D eigenvalue weighted by Gasteiger charge is 2.37. The molecule has 0 saturated carbocycles. The Morgan fingerprint density at radius 1 is 1.40 bits per heavy atom. The first-order valence-electron chi connectivity index (χ1n) is 6.36. The average Bonchev–Trinajstić information content (AvgIpc) is 2.43. The molecule has 8 nitrogen and oxygen atoms in total. The monoisotopic (exact) mass is 288 g/mol. The summed E-state index contributed by atoms with van der Waals surface area (Å²) in [5.41, 5.74) is 4.84. The van der Waals surface area contributed by atoms with Crippen molar-refractivity contribution in [1.82, 2.24) is 5.32 Å². The number of nitrogens with two attached hydrogens (primary N) is 1. The molecule has 1 aliphatic rings. The lowest BCUT2D eigenvalue weighted by Crippen LogP contribution is -2.59. The first-order valence-corrected chi connectivity index (χ1v) is 6.36. The molecule has 8 heteroatoms. The van der Waals surface area contributed by atoms with Gasteiger partial charge in [0, 0.05) is 19.6 Å². The lowest BCUT2D eigenvalue weighted by atomic mass is 9.90. The lowest BCUT2D eigenvalue weighted by Gasteiger charge is -2.32. The molecule has 1 amide bonds. The van der Waals surface area contributed by atoms with E-state index in [0.717, 1.165) is 0 Å². The zero-order valence-corrected chi connectivity index (χ0v) is 11.4. The van der Waals surface area contributed by atoms with Crippen molar-refractivity contribution >= 4 is 17.8 Å². The number of aliphatic carboxylic acids is 1. The standard InChI is InChI=1S/C12H20N2O6/c1-19-9(15)3-2-8(10(16)17)14-11(18)12(13)4-6-20-7-5-12/h8H,2-7,13H2,1H3,(H,14,18)(H,16,17)/t8-/m1/s1. The molecule has 1 atom stereocenters. The minimum Gasteiger partial charge on any atom is -0.480 e. The highest BCUT2D eigenvalue weighted by molar-refractivity contribution is 5.90. The van der Waals surface area contributed by atoms with Crippen molar-refractivity contribution in [3.05, 3.63) is 0 Å². The van der Waals surface area contributed by atoms with Gasteiger partial charge in [0.15, 0.2) is 0 Å². The fraction of sp³-hybridized carbons (Fsp3) is 0.750. The van der Waals surface area contributed by atoms with Crippen LogP contribution >= 0.6 is 0 Å². The maximum Gasteiger partial charge on any atom is 0.326 e. The molecule has 1 heterocycles. The Hall–Kier alpha value is -1.67. The molecule has 1 fully saturated rings. The van der Waals surface area contributed by atoms with Crippen LogP contribution < -0.4 is 11.1 Å². The van der Waals surface area contributed by atoms with E-state index >= 15 is 0 Å². The molecule has 4 N–H and O–H groups in total. The topological polar surface area (TPSA) is 128 Å². The molecule has 0 bridgehead atoms. The van der Waals surface area contributed by atoms with Crippen molar-refractivity contribution in [1.29, 1.82) is 0 Å². The van der Waals surface area contributed by atoms with E-state index in [1.807, 2.05) is 0 Å². The fourth-order valence-electron chi connectivity index (χ4n) is 1.89. The predicted octanol–water partition coefficient (Wildman–Crippen LogP) is -0.983. The van der Waals surface area contributed by atoms with Crippen LogP contribution in [0.1, 0.15) is 25.7 Å². The number of ether oxygens (including phenoxy) is 2. The molecule has 1 aliphatic heterocycles. The zero-order chi connectivity index (χ0) is 15.2. The van der Waals surface area contributed by atoms with Crippen molar-refractivity contribution in [2.75, 3.05) is 20.3 Å². The normalized spacial score (nSPS) is 18.9. The second-order valence-corrected chi connectivity index (χ2v) is 4.75. The summed E-state index contributed by atoms with van der Waals surface area (Å²) in [7, 11) is 1.22. The maximum atomic E-state index is 12.1.